The molecule has 2 aromatic rings. The molecule has 46 heavy (non-hydrogen) atoms. The Hall–Kier alpha value is -4.84. The van der Waals surface area contributed by atoms with Gasteiger partial charge in [-0.2, -0.15) is 18.3 Å². The Balaban J connectivity index is 0.000000829. The van der Waals surface area contributed by atoms with Crippen LogP contribution < -0.4 is 27.6 Å². The lowest BCUT2D eigenvalue weighted by molar-refractivity contribution is -0.137. The van der Waals surface area contributed by atoms with Gasteiger partial charge in [0, 0.05) is 38.1 Å². The van der Waals surface area contributed by atoms with Gasteiger partial charge in [-0.1, -0.05) is 68.5 Å². The van der Waals surface area contributed by atoms with E-state index in [0.717, 1.165) is 58.8 Å². The Morgan fingerprint density at radius 3 is 2.04 bits per heavy atom. The van der Waals surface area contributed by atoms with E-state index in [4.69, 9.17) is 16.7 Å². The molecule has 3 rings (SSSR count). The lowest BCUT2D eigenvalue weighted by atomic mass is 10.0. The number of allylic oxidation sites excluding steroid dienone is 5. The van der Waals surface area contributed by atoms with Crippen molar-refractivity contribution in [3.63, 3.8) is 0 Å². The zero-order valence-electron chi connectivity index (χ0n) is 27.3. The minimum atomic E-state index is -4.35. The Labute approximate surface area is 270 Å². The van der Waals surface area contributed by atoms with Crippen LogP contribution in [-0.2, 0) is 15.8 Å². The van der Waals surface area contributed by atoms with Gasteiger partial charge in [0.2, 0.25) is 5.91 Å². The number of nitrogens with zero attached hydrogens (tertiary/aromatic N) is 2. The molecule has 0 radical (unpaired) electrons. The normalized spacial score (nSPS) is 13.7. The summed E-state index contributed by atoms with van der Waals surface area (Å²) in [6, 6.07) is 12.9. The second-order valence-electron chi connectivity index (χ2n) is 9.61. The molecular weight excluding hydrogens is 595 g/mol. The molecule has 2 amide bonds. The molecule has 0 saturated heterocycles. The molecule has 0 fully saturated rings. The smallest absolute Gasteiger partial charge is 0.393 e. The maximum Gasteiger partial charge on any atom is 0.416 e. The zero-order chi connectivity index (χ0) is 34.7. The van der Waals surface area contributed by atoms with Crippen LogP contribution in [0.4, 0.5) is 13.2 Å². The lowest BCUT2D eigenvalue weighted by Gasteiger charge is -2.23. The number of nitrogens with one attached hydrogen (secondary N) is 3. The molecule has 1 aliphatic rings. The number of benzene rings is 2. The van der Waals surface area contributed by atoms with E-state index in [2.05, 4.69) is 22.1 Å². The van der Waals surface area contributed by atoms with E-state index in [1.807, 2.05) is 75.2 Å². The molecule has 9 nitrogen and oxygen atoms in total. The molecule has 2 aromatic carbocycles. The molecule has 1 heterocycles. The fourth-order valence-electron chi connectivity index (χ4n) is 4.06. The summed E-state index contributed by atoms with van der Waals surface area (Å²) in [7, 11) is 3.11. The largest absolute Gasteiger partial charge is 0.416 e. The van der Waals surface area contributed by atoms with E-state index < -0.39 is 11.7 Å². The molecule has 7 N–H and O–H groups in total. The Bertz CT molecular complexity index is 1410. The highest BCUT2D eigenvalue weighted by Gasteiger charge is 2.30. The number of rotatable bonds is 9. The second kappa shape index (κ2) is 20.2. The Morgan fingerprint density at radius 2 is 1.54 bits per heavy atom. The third-order valence-electron chi connectivity index (χ3n) is 6.48. The fourth-order valence-corrected chi connectivity index (χ4v) is 4.06. The molecule has 0 bridgehead atoms. The van der Waals surface area contributed by atoms with Crippen molar-refractivity contribution in [1.82, 2.24) is 21.1 Å². The van der Waals surface area contributed by atoms with Crippen molar-refractivity contribution in [3.8, 4) is 11.1 Å². The number of hydrogen-bond donors (Lipinski definition) is 5. The number of hydrogen-bond acceptors (Lipinski definition) is 7. The number of nitrogens with two attached hydrogens (primary N) is 2. The van der Waals surface area contributed by atoms with Gasteiger partial charge in [-0.3, -0.25) is 15.4 Å². The summed E-state index contributed by atoms with van der Waals surface area (Å²) < 4.78 is 38.6. The monoisotopic (exact) mass is 641 g/mol. The third-order valence-corrected chi connectivity index (χ3v) is 6.48. The van der Waals surface area contributed by atoms with Crippen molar-refractivity contribution >= 4 is 23.2 Å². The maximum absolute atomic E-state index is 12.9. The fraction of sp³-hybridized carbons (Fsp3) is 0.324. The molecule has 0 spiro atoms. The van der Waals surface area contributed by atoms with Gasteiger partial charge in [0.15, 0.2) is 0 Å². The molecule has 1 aliphatic heterocycles. The van der Waals surface area contributed by atoms with Crippen molar-refractivity contribution in [2.75, 3.05) is 14.1 Å². The van der Waals surface area contributed by atoms with Gasteiger partial charge >= 0.3 is 6.18 Å². The molecule has 0 aliphatic carbocycles. The van der Waals surface area contributed by atoms with E-state index in [-0.39, 0.29) is 17.5 Å². The quantitative estimate of drug-likeness (QED) is 0.0958. The molecule has 12 heteroatoms. The number of likely N-dealkylation sites (N-methyl/N-ethyl adjacent to an activating group) is 1. The predicted molar refractivity (Wildman–Crippen MR) is 180 cm³/mol. The summed E-state index contributed by atoms with van der Waals surface area (Å²) in [4.78, 5) is 22.2. The number of halogens is 3. The molecule has 0 atom stereocenters. The van der Waals surface area contributed by atoms with Crippen LogP contribution in [0.3, 0.4) is 0 Å². The number of carbonyl (C=O) groups is 2. The van der Waals surface area contributed by atoms with Gasteiger partial charge in [-0.15, -0.1) is 0 Å². The van der Waals surface area contributed by atoms with Crippen molar-refractivity contribution in [3.05, 3.63) is 102 Å². The molecule has 0 unspecified atom stereocenters. The van der Waals surface area contributed by atoms with Gasteiger partial charge in [0.1, 0.15) is 5.70 Å². The predicted octanol–water partition coefficient (Wildman–Crippen LogP) is 6.19. The van der Waals surface area contributed by atoms with E-state index in [1.165, 1.54) is 25.4 Å². The summed E-state index contributed by atoms with van der Waals surface area (Å²) >= 11 is 0. The van der Waals surface area contributed by atoms with Crippen molar-refractivity contribution < 1.29 is 22.8 Å². The number of hydrazine groups is 1. The number of amides is 2. The van der Waals surface area contributed by atoms with Crippen molar-refractivity contribution in [1.29, 1.82) is 0 Å². The summed E-state index contributed by atoms with van der Waals surface area (Å²) in [5.74, 6) is 4.46. The third kappa shape index (κ3) is 12.6. The number of hydrazone groups is 1. The van der Waals surface area contributed by atoms with Crippen LogP contribution in [-0.4, -0.2) is 36.6 Å². The van der Waals surface area contributed by atoms with Gasteiger partial charge in [0.25, 0.3) is 5.91 Å². The van der Waals surface area contributed by atoms with Gasteiger partial charge in [-0.05, 0) is 68.0 Å². The lowest BCUT2D eigenvalue weighted by Crippen LogP contribution is -2.27. The molecule has 0 saturated carbocycles. The first-order chi connectivity index (χ1) is 21.9. The molecule has 250 valence electrons. The van der Waals surface area contributed by atoms with E-state index >= 15 is 0 Å². The zero-order valence-corrected chi connectivity index (χ0v) is 27.3. The second-order valence-corrected chi connectivity index (χ2v) is 9.61. The van der Waals surface area contributed by atoms with E-state index in [0.29, 0.717) is 12.8 Å². The van der Waals surface area contributed by atoms with Crippen LogP contribution in [0.15, 0.2) is 95.5 Å². The first-order valence-electron chi connectivity index (χ1n) is 14.9. The van der Waals surface area contributed by atoms with E-state index in [1.54, 1.807) is 7.05 Å². The van der Waals surface area contributed by atoms with Gasteiger partial charge in [0.05, 0.1) is 11.3 Å². The highest BCUT2D eigenvalue weighted by Crippen LogP contribution is 2.33. The minimum absolute atomic E-state index is 0.0169. The van der Waals surface area contributed by atoms with Gasteiger partial charge in [-0.25, -0.2) is 5.01 Å². The van der Waals surface area contributed by atoms with Crippen LogP contribution in [0.25, 0.3) is 16.8 Å². The highest BCUT2D eigenvalue weighted by molar-refractivity contribution is 5.92. The van der Waals surface area contributed by atoms with Gasteiger partial charge < -0.3 is 21.8 Å². The Morgan fingerprint density at radius 1 is 0.978 bits per heavy atom. The minimum Gasteiger partial charge on any atom is -0.393 e. The summed E-state index contributed by atoms with van der Waals surface area (Å²) in [5, 5.41) is 11.8. The van der Waals surface area contributed by atoms with Crippen LogP contribution in [0.1, 0.15) is 64.5 Å². The average Bonchev–Trinajstić information content (AvgIpc) is 3.29. The number of alkyl halides is 3. The first-order valence-corrected chi connectivity index (χ1v) is 14.9. The SMILES string of the molecule is C/C=C\C=C(/C)N1N=C(CCC(=O)NC)CCC=C1c1ccc(-c2ccc(C(F)(F)F)cc2)cc1.CC.CNC(=O)/C(N)=C/NN. The summed E-state index contributed by atoms with van der Waals surface area (Å²) in [6.45, 7) is 7.93. The van der Waals surface area contributed by atoms with Crippen molar-refractivity contribution in [2.45, 2.75) is 59.6 Å². The summed E-state index contributed by atoms with van der Waals surface area (Å²) in [5.41, 5.74) is 12.0. The van der Waals surface area contributed by atoms with Crippen LogP contribution >= 0.6 is 0 Å². The van der Waals surface area contributed by atoms with Crippen LogP contribution in [0.5, 0.6) is 0 Å². The standard InChI is InChI=1S/C28H30F3N3O.C4H10N4O.C2H6/c1-4-5-7-20(2)34-26(9-6-8-25(33-34)18-19-27(35)32-3)23-12-10-21(11-13-23)22-14-16-24(17-15-22)28(29,30)31;1-7-4(9)3(5)2-8-6;1-2/h4-5,7,9-17H,6,8,18-19H2,1-3H3,(H,32,35);2,8H,5-6H2,1H3,(H,7,9);1-2H3/b5-4-,20-7+;3-2-;. The number of carbonyl (C=O) groups excluding carboxylic acids is 2. The van der Waals surface area contributed by atoms with Crippen LogP contribution in [0, 0.1) is 0 Å². The Kier molecular flexibility index (Phi) is 17.2. The van der Waals surface area contributed by atoms with Crippen molar-refractivity contribution in [2.24, 2.45) is 16.7 Å². The highest BCUT2D eigenvalue weighted by atomic mass is 19.4. The average molecular weight is 642 g/mol. The maximum atomic E-state index is 12.9. The summed E-state index contributed by atoms with van der Waals surface area (Å²) in [6.07, 6.45) is 7.39. The van der Waals surface area contributed by atoms with E-state index in [9.17, 15) is 22.8 Å². The first kappa shape index (κ1) is 39.2. The molecule has 0 aromatic heterocycles. The van der Waals surface area contributed by atoms with Crippen LogP contribution in [0.2, 0.25) is 0 Å². The topological polar surface area (TPSA) is 138 Å². The molecular formula is C34H46F3N7O2.